The molecule has 1 amide bonds. The zero-order valence-electron chi connectivity index (χ0n) is 10.5. The van der Waals surface area contributed by atoms with Crippen molar-refractivity contribution in [2.24, 2.45) is 7.05 Å². The topological polar surface area (TPSA) is 58.9 Å². The Bertz CT molecular complexity index is 547. The molecular weight excluding hydrogens is 228 g/mol. The second-order valence-electron chi connectivity index (χ2n) is 4.06. The fraction of sp³-hybridized carbons (Fsp3) is 0.231. The first kappa shape index (κ1) is 12.3. The highest BCUT2D eigenvalue weighted by Gasteiger charge is 2.08. The molecule has 0 bridgehead atoms. The van der Waals surface area contributed by atoms with Gasteiger partial charge < -0.3 is 10.6 Å². The molecule has 2 rings (SSSR count). The van der Waals surface area contributed by atoms with E-state index in [9.17, 15) is 4.79 Å². The zero-order valence-corrected chi connectivity index (χ0v) is 10.5. The third kappa shape index (κ3) is 2.95. The normalized spacial score (nSPS) is 10.3. The Morgan fingerprint density at radius 2 is 2.22 bits per heavy atom. The van der Waals surface area contributed by atoms with Crippen molar-refractivity contribution in [1.29, 1.82) is 0 Å². The third-order valence-corrected chi connectivity index (χ3v) is 2.51. The number of carbonyl (C=O) groups excluding carboxylic acids is 1. The van der Waals surface area contributed by atoms with E-state index in [1.807, 2.05) is 31.3 Å². The molecule has 94 valence electrons. The Morgan fingerprint density at radius 1 is 1.39 bits per heavy atom. The molecule has 0 radical (unpaired) electrons. The number of carbonyl (C=O) groups is 1. The zero-order chi connectivity index (χ0) is 13.0. The lowest BCUT2D eigenvalue weighted by atomic mass is 10.2. The molecule has 1 aromatic carbocycles. The maximum absolute atomic E-state index is 11.9. The van der Waals surface area contributed by atoms with Crippen LogP contribution in [0.4, 0.5) is 5.69 Å². The molecule has 0 unspecified atom stereocenters. The van der Waals surface area contributed by atoms with E-state index >= 15 is 0 Å². The Kier molecular flexibility index (Phi) is 3.74. The Morgan fingerprint density at radius 3 is 2.89 bits per heavy atom. The molecule has 0 spiro atoms. The van der Waals surface area contributed by atoms with Crippen LogP contribution in [0.15, 0.2) is 36.5 Å². The number of aryl methyl sites for hydroxylation is 1. The van der Waals surface area contributed by atoms with E-state index < -0.39 is 0 Å². The largest absolute Gasteiger partial charge is 0.321 e. The molecule has 5 heteroatoms. The SMILES string of the molecule is CNCc1cccc(NC(=O)c2ccn(C)n2)c1. The maximum Gasteiger partial charge on any atom is 0.276 e. The van der Waals surface area contributed by atoms with Crippen LogP contribution in [0, 0.1) is 0 Å². The fourth-order valence-corrected chi connectivity index (χ4v) is 1.69. The Balaban J connectivity index is 2.09. The number of hydrogen-bond donors (Lipinski definition) is 2. The van der Waals surface area contributed by atoms with Crippen LogP contribution in [0.2, 0.25) is 0 Å². The molecule has 2 N–H and O–H groups in total. The first-order valence-electron chi connectivity index (χ1n) is 5.73. The van der Waals surface area contributed by atoms with Crippen LogP contribution in [0.5, 0.6) is 0 Å². The van der Waals surface area contributed by atoms with Crippen molar-refractivity contribution in [3.63, 3.8) is 0 Å². The molecule has 0 aliphatic rings. The maximum atomic E-state index is 11.9. The van der Waals surface area contributed by atoms with Crippen LogP contribution in [0.25, 0.3) is 0 Å². The minimum Gasteiger partial charge on any atom is -0.321 e. The lowest BCUT2D eigenvalue weighted by Crippen LogP contribution is -2.13. The molecular formula is C13H16N4O. The molecule has 18 heavy (non-hydrogen) atoms. The number of nitrogens with one attached hydrogen (secondary N) is 2. The predicted octanol–water partition coefficient (Wildman–Crippen LogP) is 1.39. The molecule has 2 aromatic rings. The van der Waals surface area contributed by atoms with Crippen LogP contribution in [-0.4, -0.2) is 22.7 Å². The third-order valence-electron chi connectivity index (χ3n) is 2.51. The van der Waals surface area contributed by atoms with Crippen molar-refractivity contribution in [1.82, 2.24) is 15.1 Å². The number of anilines is 1. The number of hydrogen-bond acceptors (Lipinski definition) is 3. The van der Waals surface area contributed by atoms with Crippen molar-refractivity contribution in [2.45, 2.75) is 6.54 Å². The summed E-state index contributed by atoms with van der Waals surface area (Å²) in [7, 11) is 3.67. The number of nitrogens with zero attached hydrogens (tertiary/aromatic N) is 2. The standard InChI is InChI=1S/C13H16N4O/c1-14-9-10-4-3-5-11(8-10)15-13(18)12-6-7-17(2)16-12/h3-8,14H,9H2,1-2H3,(H,15,18). The Labute approximate surface area is 106 Å². The number of amides is 1. The summed E-state index contributed by atoms with van der Waals surface area (Å²) in [5.41, 5.74) is 2.31. The van der Waals surface area contributed by atoms with E-state index in [1.54, 1.807) is 24.0 Å². The second kappa shape index (κ2) is 5.46. The summed E-state index contributed by atoms with van der Waals surface area (Å²) in [5, 5.41) is 9.96. The van der Waals surface area contributed by atoms with E-state index in [2.05, 4.69) is 15.7 Å². The Hall–Kier alpha value is -2.14. The van der Waals surface area contributed by atoms with Gasteiger partial charge in [0.15, 0.2) is 5.69 Å². The van der Waals surface area contributed by atoms with Gasteiger partial charge in [-0.3, -0.25) is 9.48 Å². The van der Waals surface area contributed by atoms with Gasteiger partial charge in [0.1, 0.15) is 0 Å². The van der Waals surface area contributed by atoms with E-state index in [-0.39, 0.29) is 5.91 Å². The van der Waals surface area contributed by atoms with Gasteiger partial charge in [0.05, 0.1) is 0 Å². The van der Waals surface area contributed by atoms with Crippen molar-refractivity contribution in [3.05, 3.63) is 47.8 Å². The van der Waals surface area contributed by atoms with Crippen molar-refractivity contribution < 1.29 is 4.79 Å². The molecule has 0 atom stereocenters. The van der Waals surface area contributed by atoms with Gasteiger partial charge in [0.25, 0.3) is 5.91 Å². The lowest BCUT2D eigenvalue weighted by molar-refractivity contribution is 0.102. The molecule has 0 saturated carbocycles. The average molecular weight is 244 g/mol. The highest BCUT2D eigenvalue weighted by atomic mass is 16.1. The summed E-state index contributed by atoms with van der Waals surface area (Å²) in [4.78, 5) is 11.9. The molecule has 0 fully saturated rings. The minimum atomic E-state index is -0.197. The molecule has 5 nitrogen and oxygen atoms in total. The van der Waals surface area contributed by atoms with Gasteiger partial charge >= 0.3 is 0 Å². The molecule has 0 aliphatic heterocycles. The minimum absolute atomic E-state index is 0.197. The van der Waals surface area contributed by atoms with Gasteiger partial charge in [0, 0.05) is 25.5 Å². The summed E-state index contributed by atoms with van der Waals surface area (Å²) in [6.45, 7) is 0.771. The van der Waals surface area contributed by atoms with Crippen LogP contribution >= 0.6 is 0 Å². The van der Waals surface area contributed by atoms with Gasteiger partial charge in [-0.15, -0.1) is 0 Å². The monoisotopic (exact) mass is 244 g/mol. The second-order valence-corrected chi connectivity index (χ2v) is 4.06. The van der Waals surface area contributed by atoms with Gasteiger partial charge in [-0.2, -0.15) is 5.10 Å². The van der Waals surface area contributed by atoms with Gasteiger partial charge in [-0.1, -0.05) is 12.1 Å². The summed E-state index contributed by atoms with van der Waals surface area (Å²) in [6.07, 6.45) is 1.74. The van der Waals surface area contributed by atoms with Crippen LogP contribution in [0.1, 0.15) is 16.1 Å². The van der Waals surface area contributed by atoms with E-state index in [4.69, 9.17) is 0 Å². The molecule has 0 aliphatic carbocycles. The summed E-state index contributed by atoms with van der Waals surface area (Å²) < 4.78 is 1.60. The van der Waals surface area contributed by atoms with Gasteiger partial charge in [-0.25, -0.2) is 0 Å². The summed E-state index contributed by atoms with van der Waals surface area (Å²) in [6, 6.07) is 9.41. The van der Waals surface area contributed by atoms with Crippen LogP contribution in [-0.2, 0) is 13.6 Å². The first-order valence-corrected chi connectivity index (χ1v) is 5.73. The highest BCUT2D eigenvalue weighted by Crippen LogP contribution is 2.11. The summed E-state index contributed by atoms with van der Waals surface area (Å²) >= 11 is 0. The molecule has 0 saturated heterocycles. The molecule has 1 aromatic heterocycles. The lowest BCUT2D eigenvalue weighted by Gasteiger charge is -2.06. The van der Waals surface area contributed by atoms with Gasteiger partial charge in [0.2, 0.25) is 0 Å². The average Bonchev–Trinajstić information content (AvgIpc) is 2.77. The van der Waals surface area contributed by atoms with Crippen molar-refractivity contribution >= 4 is 11.6 Å². The van der Waals surface area contributed by atoms with Crippen molar-refractivity contribution in [2.75, 3.05) is 12.4 Å². The first-order chi connectivity index (χ1) is 8.69. The van der Waals surface area contributed by atoms with Crippen LogP contribution < -0.4 is 10.6 Å². The predicted molar refractivity (Wildman–Crippen MR) is 70.4 cm³/mol. The number of rotatable bonds is 4. The van der Waals surface area contributed by atoms with E-state index in [1.165, 1.54) is 0 Å². The van der Waals surface area contributed by atoms with Crippen LogP contribution in [0.3, 0.4) is 0 Å². The summed E-state index contributed by atoms with van der Waals surface area (Å²) in [5.74, 6) is -0.197. The number of aromatic nitrogens is 2. The van der Waals surface area contributed by atoms with E-state index in [0.717, 1.165) is 17.8 Å². The number of benzene rings is 1. The van der Waals surface area contributed by atoms with Gasteiger partial charge in [-0.05, 0) is 30.8 Å². The quantitative estimate of drug-likeness (QED) is 0.854. The van der Waals surface area contributed by atoms with E-state index in [0.29, 0.717) is 5.69 Å². The smallest absolute Gasteiger partial charge is 0.276 e. The highest BCUT2D eigenvalue weighted by molar-refractivity contribution is 6.02. The van der Waals surface area contributed by atoms with Crippen molar-refractivity contribution in [3.8, 4) is 0 Å². The molecule has 1 heterocycles. The fourth-order valence-electron chi connectivity index (χ4n) is 1.69.